The summed E-state index contributed by atoms with van der Waals surface area (Å²) in [4.78, 5) is 0. The number of hydrogen-bond donors (Lipinski definition) is 1. The molecule has 0 aromatic heterocycles. The molecule has 0 unspecified atom stereocenters. The van der Waals surface area contributed by atoms with Crippen molar-refractivity contribution < 1.29 is 4.74 Å². The van der Waals surface area contributed by atoms with Gasteiger partial charge in [-0.05, 0) is 48.9 Å². The van der Waals surface area contributed by atoms with Crippen LogP contribution in [0.3, 0.4) is 0 Å². The molecule has 4 heteroatoms. The molecule has 0 aliphatic carbocycles. The van der Waals surface area contributed by atoms with E-state index in [1.54, 1.807) is 0 Å². The van der Waals surface area contributed by atoms with Crippen molar-refractivity contribution in [2.45, 2.75) is 33.4 Å². The minimum Gasteiger partial charge on any atom is -0.457 e. The average Bonchev–Trinajstić information content (AvgIpc) is 2.41. The van der Waals surface area contributed by atoms with Crippen molar-refractivity contribution in [2.24, 2.45) is 0 Å². The lowest BCUT2D eigenvalue weighted by Gasteiger charge is -2.15. The topological polar surface area (TPSA) is 21.3 Å². The lowest BCUT2D eigenvalue weighted by molar-refractivity contribution is 0.466. The van der Waals surface area contributed by atoms with E-state index in [-0.39, 0.29) is 0 Å². The normalized spacial score (nSPS) is 11.0. The van der Waals surface area contributed by atoms with Crippen molar-refractivity contribution in [1.82, 2.24) is 5.32 Å². The highest BCUT2D eigenvalue weighted by atomic mass is 79.9. The molecule has 0 saturated heterocycles. The van der Waals surface area contributed by atoms with Crippen molar-refractivity contribution in [3.8, 4) is 11.5 Å². The van der Waals surface area contributed by atoms with Gasteiger partial charge in [-0.25, -0.2) is 0 Å². The number of ether oxygens (including phenoxy) is 1. The Morgan fingerprint density at radius 1 is 1.00 bits per heavy atom. The highest BCUT2D eigenvalue weighted by Gasteiger charge is 2.08. The third kappa shape index (κ3) is 4.83. The standard InChI is InChI=1S/C17H19Br2NO/c1-11(2)20-10-13-9-15(19)5-7-17(13)21-16-6-4-14(18)8-12(16)3/h4-9,11,20H,10H2,1-3H3. The fourth-order valence-corrected chi connectivity index (χ4v) is 2.83. The van der Waals surface area contributed by atoms with Crippen molar-refractivity contribution in [3.63, 3.8) is 0 Å². The van der Waals surface area contributed by atoms with Gasteiger partial charge in [-0.2, -0.15) is 0 Å². The molecular weight excluding hydrogens is 394 g/mol. The average molecular weight is 413 g/mol. The zero-order valence-corrected chi connectivity index (χ0v) is 15.6. The fourth-order valence-electron chi connectivity index (χ4n) is 1.95. The number of nitrogens with one attached hydrogen (secondary N) is 1. The van der Waals surface area contributed by atoms with Gasteiger partial charge in [-0.15, -0.1) is 0 Å². The second kappa shape index (κ2) is 7.43. The SMILES string of the molecule is Cc1cc(Br)ccc1Oc1ccc(Br)cc1CNC(C)C. The third-order valence-electron chi connectivity index (χ3n) is 3.08. The first-order valence-corrected chi connectivity index (χ1v) is 8.50. The van der Waals surface area contributed by atoms with Crippen molar-refractivity contribution in [2.75, 3.05) is 0 Å². The van der Waals surface area contributed by atoms with Gasteiger partial charge >= 0.3 is 0 Å². The van der Waals surface area contributed by atoms with E-state index in [0.717, 1.165) is 38.1 Å². The maximum absolute atomic E-state index is 6.10. The Labute approximate surface area is 143 Å². The smallest absolute Gasteiger partial charge is 0.132 e. The summed E-state index contributed by atoms with van der Waals surface area (Å²) in [7, 11) is 0. The van der Waals surface area contributed by atoms with Crippen LogP contribution in [-0.2, 0) is 6.54 Å². The zero-order valence-electron chi connectivity index (χ0n) is 12.4. The molecule has 2 rings (SSSR count). The van der Waals surface area contributed by atoms with Gasteiger partial charge in [0.2, 0.25) is 0 Å². The van der Waals surface area contributed by atoms with Crippen LogP contribution in [0.1, 0.15) is 25.0 Å². The van der Waals surface area contributed by atoms with E-state index in [2.05, 4.69) is 63.2 Å². The number of benzene rings is 2. The summed E-state index contributed by atoms with van der Waals surface area (Å²) in [5.74, 6) is 1.77. The van der Waals surface area contributed by atoms with Gasteiger partial charge in [0.15, 0.2) is 0 Å². The summed E-state index contributed by atoms with van der Waals surface area (Å²) in [6.07, 6.45) is 0. The Balaban J connectivity index is 2.26. The Kier molecular flexibility index (Phi) is 5.85. The van der Waals surface area contributed by atoms with Gasteiger partial charge < -0.3 is 10.1 Å². The number of hydrogen-bond acceptors (Lipinski definition) is 2. The van der Waals surface area contributed by atoms with Gasteiger partial charge in [0.25, 0.3) is 0 Å². The van der Waals surface area contributed by atoms with Crippen molar-refractivity contribution in [3.05, 3.63) is 56.5 Å². The Morgan fingerprint density at radius 2 is 1.62 bits per heavy atom. The van der Waals surface area contributed by atoms with E-state index >= 15 is 0 Å². The van der Waals surface area contributed by atoms with Crippen LogP contribution in [0.2, 0.25) is 0 Å². The fraction of sp³-hybridized carbons (Fsp3) is 0.294. The summed E-state index contributed by atoms with van der Waals surface area (Å²) in [5.41, 5.74) is 2.25. The molecule has 2 aromatic rings. The second-order valence-electron chi connectivity index (χ2n) is 5.30. The minimum absolute atomic E-state index is 0.436. The molecule has 0 aliphatic rings. The van der Waals surface area contributed by atoms with E-state index in [0.29, 0.717) is 6.04 Å². The van der Waals surface area contributed by atoms with E-state index in [1.807, 2.05) is 31.2 Å². The van der Waals surface area contributed by atoms with Crippen LogP contribution in [-0.4, -0.2) is 6.04 Å². The zero-order chi connectivity index (χ0) is 15.4. The molecule has 2 nitrogen and oxygen atoms in total. The molecule has 1 N–H and O–H groups in total. The molecule has 112 valence electrons. The summed E-state index contributed by atoms with van der Waals surface area (Å²) < 4.78 is 8.22. The van der Waals surface area contributed by atoms with Gasteiger partial charge in [0.1, 0.15) is 11.5 Å². The Bertz CT molecular complexity index is 626. The third-order valence-corrected chi connectivity index (χ3v) is 4.07. The van der Waals surface area contributed by atoms with Crippen LogP contribution < -0.4 is 10.1 Å². The van der Waals surface area contributed by atoms with Crippen LogP contribution in [0.15, 0.2) is 45.3 Å². The molecule has 0 radical (unpaired) electrons. The van der Waals surface area contributed by atoms with E-state index < -0.39 is 0 Å². The lowest BCUT2D eigenvalue weighted by atomic mass is 10.2. The van der Waals surface area contributed by atoms with Crippen LogP contribution in [0.4, 0.5) is 0 Å². The van der Waals surface area contributed by atoms with Crippen LogP contribution in [0, 0.1) is 6.92 Å². The largest absolute Gasteiger partial charge is 0.457 e. The summed E-state index contributed by atoms with van der Waals surface area (Å²) in [6, 6.07) is 12.6. The van der Waals surface area contributed by atoms with Crippen molar-refractivity contribution >= 4 is 31.9 Å². The predicted octanol–water partition coefficient (Wildman–Crippen LogP) is 5.81. The van der Waals surface area contributed by atoms with Crippen LogP contribution >= 0.6 is 31.9 Å². The molecule has 0 saturated carbocycles. The first-order valence-electron chi connectivity index (χ1n) is 6.91. The van der Waals surface area contributed by atoms with E-state index in [9.17, 15) is 0 Å². The molecule has 2 aromatic carbocycles. The molecule has 0 spiro atoms. The van der Waals surface area contributed by atoms with Crippen LogP contribution in [0.25, 0.3) is 0 Å². The maximum Gasteiger partial charge on any atom is 0.132 e. The Hall–Kier alpha value is -0.840. The first-order chi connectivity index (χ1) is 9.95. The maximum atomic E-state index is 6.10. The lowest BCUT2D eigenvalue weighted by Crippen LogP contribution is -2.22. The first kappa shape index (κ1) is 16.5. The van der Waals surface area contributed by atoms with E-state index in [4.69, 9.17) is 4.74 Å². The molecule has 0 heterocycles. The highest BCUT2D eigenvalue weighted by Crippen LogP contribution is 2.31. The van der Waals surface area contributed by atoms with Gasteiger partial charge in [-0.1, -0.05) is 45.7 Å². The van der Waals surface area contributed by atoms with Gasteiger partial charge in [0, 0.05) is 27.1 Å². The summed E-state index contributed by atoms with van der Waals surface area (Å²) in [6.45, 7) is 7.10. The number of aryl methyl sites for hydroxylation is 1. The molecular formula is C17H19Br2NO. The monoisotopic (exact) mass is 411 g/mol. The summed E-state index contributed by atoms with van der Waals surface area (Å²) >= 11 is 7.00. The Morgan fingerprint density at radius 3 is 2.24 bits per heavy atom. The van der Waals surface area contributed by atoms with Crippen molar-refractivity contribution in [1.29, 1.82) is 0 Å². The molecule has 0 amide bonds. The molecule has 0 aliphatic heterocycles. The predicted molar refractivity (Wildman–Crippen MR) is 95.1 cm³/mol. The number of halogens is 2. The molecule has 0 bridgehead atoms. The molecule has 21 heavy (non-hydrogen) atoms. The van der Waals surface area contributed by atoms with E-state index in [1.165, 1.54) is 0 Å². The molecule has 0 atom stereocenters. The second-order valence-corrected chi connectivity index (χ2v) is 7.13. The quantitative estimate of drug-likeness (QED) is 0.668. The van der Waals surface area contributed by atoms with Crippen LogP contribution in [0.5, 0.6) is 11.5 Å². The van der Waals surface area contributed by atoms with Gasteiger partial charge in [-0.3, -0.25) is 0 Å². The summed E-state index contributed by atoms with van der Waals surface area (Å²) in [5, 5.41) is 3.43. The highest BCUT2D eigenvalue weighted by molar-refractivity contribution is 9.10. The number of rotatable bonds is 5. The minimum atomic E-state index is 0.436. The van der Waals surface area contributed by atoms with Gasteiger partial charge in [0.05, 0.1) is 0 Å². The molecule has 0 fully saturated rings.